The molecular weight excluding hydrogens is 384 g/mol. The van der Waals surface area contributed by atoms with E-state index in [1.54, 1.807) is 31.2 Å². The molecule has 7 nitrogen and oxygen atoms in total. The van der Waals surface area contributed by atoms with Crippen LogP contribution >= 0.6 is 0 Å². The first-order chi connectivity index (χ1) is 14.6. The number of nitrogens with zero attached hydrogens (tertiary/aromatic N) is 1. The predicted octanol–water partition coefficient (Wildman–Crippen LogP) is 3.41. The van der Waals surface area contributed by atoms with Gasteiger partial charge < -0.3 is 19.5 Å². The van der Waals surface area contributed by atoms with Crippen LogP contribution in [0.2, 0.25) is 0 Å². The lowest BCUT2D eigenvalue weighted by atomic mass is 10.0. The van der Waals surface area contributed by atoms with Crippen LogP contribution in [-0.4, -0.2) is 49.7 Å². The minimum absolute atomic E-state index is 0.0803. The van der Waals surface area contributed by atoms with Crippen molar-refractivity contribution in [3.05, 3.63) is 53.6 Å². The summed E-state index contributed by atoms with van der Waals surface area (Å²) < 4.78 is 16.3. The van der Waals surface area contributed by atoms with Crippen LogP contribution in [0.3, 0.4) is 0 Å². The third kappa shape index (κ3) is 4.57. The van der Waals surface area contributed by atoms with Gasteiger partial charge in [0, 0.05) is 11.7 Å². The summed E-state index contributed by atoms with van der Waals surface area (Å²) in [7, 11) is 0. The number of nitrogens with one attached hydrogen (secondary N) is 1. The standard InChI is InChI=1S/C23H26N2O5/c1-2-28-23(27)16-5-8-18(9-6-16)24-22(26)15-25-11-3-4-19(25)17-7-10-20-21(14-17)30-13-12-29-20/h5-10,14,19H,2-4,11-13,15H2,1H3,(H,24,26)/t19-/m1/s1. The molecular formula is C23H26N2O5. The van der Waals surface area contributed by atoms with Gasteiger partial charge in [-0.2, -0.15) is 0 Å². The van der Waals surface area contributed by atoms with E-state index in [1.807, 2.05) is 12.1 Å². The first kappa shape index (κ1) is 20.2. The van der Waals surface area contributed by atoms with Gasteiger partial charge >= 0.3 is 5.97 Å². The van der Waals surface area contributed by atoms with Gasteiger partial charge in [0.15, 0.2) is 11.5 Å². The number of fused-ring (bicyclic) bond motifs is 1. The third-order valence-electron chi connectivity index (χ3n) is 5.34. The van der Waals surface area contributed by atoms with Crippen LogP contribution in [0, 0.1) is 0 Å². The number of hydrogen-bond donors (Lipinski definition) is 1. The molecule has 30 heavy (non-hydrogen) atoms. The van der Waals surface area contributed by atoms with Crippen molar-refractivity contribution in [3.8, 4) is 11.5 Å². The van der Waals surface area contributed by atoms with Crippen LogP contribution in [0.25, 0.3) is 0 Å². The van der Waals surface area contributed by atoms with E-state index in [4.69, 9.17) is 14.2 Å². The minimum atomic E-state index is -0.366. The van der Waals surface area contributed by atoms with Crippen molar-refractivity contribution in [2.75, 3.05) is 38.2 Å². The van der Waals surface area contributed by atoms with Crippen molar-refractivity contribution >= 4 is 17.6 Å². The number of ether oxygens (including phenoxy) is 3. The smallest absolute Gasteiger partial charge is 0.338 e. The molecule has 158 valence electrons. The maximum absolute atomic E-state index is 12.6. The normalized spacial score (nSPS) is 18.1. The molecule has 1 amide bonds. The van der Waals surface area contributed by atoms with Crippen LogP contribution in [0.1, 0.15) is 41.7 Å². The number of esters is 1. The quantitative estimate of drug-likeness (QED) is 0.736. The van der Waals surface area contributed by atoms with Gasteiger partial charge in [-0.1, -0.05) is 6.07 Å². The molecule has 4 rings (SSSR count). The third-order valence-corrected chi connectivity index (χ3v) is 5.34. The van der Waals surface area contributed by atoms with Gasteiger partial charge in [0.1, 0.15) is 13.2 Å². The minimum Gasteiger partial charge on any atom is -0.486 e. The van der Waals surface area contributed by atoms with E-state index < -0.39 is 0 Å². The molecule has 0 aromatic heterocycles. The van der Waals surface area contributed by atoms with Crippen LogP contribution in [0.4, 0.5) is 5.69 Å². The van der Waals surface area contributed by atoms with Gasteiger partial charge in [-0.05, 0) is 68.3 Å². The van der Waals surface area contributed by atoms with E-state index >= 15 is 0 Å². The first-order valence-corrected chi connectivity index (χ1v) is 10.3. The number of hydrogen-bond acceptors (Lipinski definition) is 6. The van der Waals surface area contributed by atoms with Crippen LogP contribution < -0.4 is 14.8 Å². The summed E-state index contributed by atoms with van der Waals surface area (Å²) >= 11 is 0. The Hall–Kier alpha value is -3.06. The molecule has 7 heteroatoms. The molecule has 1 atom stereocenters. The van der Waals surface area contributed by atoms with E-state index in [1.165, 1.54) is 0 Å². The second kappa shape index (κ2) is 9.17. The fourth-order valence-corrected chi connectivity index (χ4v) is 3.95. The van der Waals surface area contributed by atoms with Gasteiger partial charge in [0.2, 0.25) is 5.91 Å². The molecule has 0 saturated carbocycles. The molecule has 1 saturated heterocycles. The lowest BCUT2D eigenvalue weighted by Gasteiger charge is -2.26. The van der Waals surface area contributed by atoms with Gasteiger partial charge in [0.05, 0.1) is 18.7 Å². The van der Waals surface area contributed by atoms with E-state index in [0.717, 1.165) is 36.4 Å². The van der Waals surface area contributed by atoms with E-state index in [0.29, 0.717) is 37.6 Å². The lowest BCUT2D eigenvalue weighted by molar-refractivity contribution is -0.117. The zero-order chi connectivity index (χ0) is 20.9. The second-order valence-corrected chi connectivity index (χ2v) is 7.38. The first-order valence-electron chi connectivity index (χ1n) is 10.3. The Labute approximate surface area is 175 Å². The molecule has 0 aliphatic carbocycles. The van der Waals surface area contributed by atoms with Crippen molar-refractivity contribution in [1.29, 1.82) is 0 Å². The van der Waals surface area contributed by atoms with Crippen LogP contribution in [0.5, 0.6) is 11.5 Å². The van der Waals surface area contributed by atoms with Crippen LogP contribution in [0.15, 0.2) is 42.5 Å². The van der Waals surface area contributed by atoms with E-state index in [9.17, 15) is 9.59 Å². The van der Waals surface area contributed by atoms with Gasteiger partial charge in [0.25, 0.3) is 0 Å². The predicted molar refractivity (Wildman–Crippen MR) is 112 cm³/mol. The maximum Gasteiger partial charge on any atom is 0.338 e. The zero-order valence-electron chi connectivity index (χ0n) is 17.1. The Morgan fingerprint density at radius 2 is 1.87 bits per heavy atom. The van der Waals surface area contributed by atoms with Crippen molar-refractivity contribution in [2.24, 2.45) is 0 Å². The monoisotopic (exact) mass is 410 g/mol. The Morgan fingerprint density at radius 1 is 1.10 bits per heavy atom. The lowest BCUT2D eigenvalue weighted by Crippen LogP contribution is -2.33. The molecule has 0 spiro atoms. The summed E-state index contributed by atoms with van der Waals surface area (Å²) in [6.07, 6.45) is 2.04. The molecule has 2 aromatic carbocycles. The maximum atomic E-state index is 12.6. The molecule has 2 heterocycles. The topological polar surface area (TPSA) is 77.1 Å². The summed E-state index contributed by atoms with van der Waals surface area (Å²) in [5, 5.41) is 2.91. The molecule has 1 fully saturated rings. The Kier molecular flexibility index (Phi) is 6.18. The number of carbonyl (C=O) groups excluding carboxylic acids is 2. The highest BCUT2D eigenvalue weighted by atomic mass is 16.6. The molecule has 2 aliphatic heterocycles. The second-order valence-electron chi connectivity index (χ2n) is 7.38. The van der Waals surface area contributed by atoms with E-state index in [-0.39, 0.29) is 17.9 Å². The van der Waals surface area contributed by atoms with Crippen molar-refractivity contribution in [3.63, 3.8) is 0 Å². The summed E-state index contributed by atoms with van der Waals surface area (Å²) in [5.41, 5.74) is 2.26. The fraction of sp³-hybridized carbons (Fsp3) is 0.391. The highest BCUT2D eigenvalue weighted by molar-refractivity contribution is 5.94. The van der Waals surface area contributed by atoms with Crippen LogP contribution in [-0.2, 0) is 9.53 Å². The average molecular weight is 410 g/mol. The molecule has 2 aliphatic rings. The summed E-state index contributed by atoms with van der Waals surface area (Å²) in [6.45, 7) is 4.40. The van der Waals surface area contributed by atoms with Gasteiger partial charge in [-0.3, -0.25) is 9.69 Å². The Bertz CT molecular complexity index is 912. The van der Waals surface area contributed by atoms with Gasteiger partial charge in [-0.15, -0.1) is 0 Å². The fourth-order valence-electron chi connectivity index (χ4n) is 3.95. The largest absolute Gasteiger partial charge is 0.486 e. The number of rotatable bonds is 6. The van der Waals surface area contributed by atoms with Gasteiger partial charge in [-0.25, -0.2) is 4.79 Å². The Balaban J connectivity index is 1.37. The average Bonchev–Trinajstić information content (AvgIpc) is 3.22. The summed E-state index contributed by atoms with van der Waals surface area (Å²) in [5.74, 6) is 1.10. The molecule has 1 N–H and O–H groups in total. The zero-order valence-corrected chi connectivity index (χ0v) is 17.1. The number of amides is 1. The van der Waals surface area contributed by atoms with E-state index in [2.05, 4.69) is 16.3 Å². The number of likely N-dealkylation sites (tertiary alicyclic amines) is 1. The number of anilines is 1. The number of carbonyl (C=O) groups is 2. The SMILES string of the molecule is CCOC(=O)c1ccc(NC(=O)CN2CCC[C@@H]2c2ccc3c(c2)OCCO3)cc1. The molecule has 0 unspecified atom stereocenters. The molecule has 2 aromatic rings. The Morgan fingerprint density at radius 3 is 2.63 bits per heavy atom. The van der Waals surface area contributed by atoms with Crippen molar-refractivity contribution in [1.82, 2.24) is 4.90 Å². The highest BCUT2D eigenvalue weighted by Crippen LogP contribution is 2.37. The highest BCUT2D eigenvalue weighted by Gasteiger charge is 2.28. The summed E-state index contributed by atoms with van der Waals surface area (Å²) in [4.78, 5) is 26.5. The van der Waals surface area contributed by atoms with Crippen molar-refractivity contribution in [2.45, 2.75) is 25.8 Å². The van der Waals surface area contributed by atoms with Crippen molar-refractivity contribution < 1.29 is 23.8 Å². The molecule has 0 radical (unpaired) electrons. The number of benzene rings is 2. The molecule has 0 bridgehead atoms. The summed E-state index contributed by atoms with van der Waals surface area (Å²) in [6, 6.07) is 13.0.